The molecule has 3 aliphatic rings. The highest BCUT2D eigenvalue weighted by Gasteiger charge is 2.73. The SMILES string of the molecule is c1ccc(CCCC2(CCCc3ccccc3)CC[C@H]3[C@@H]2C32CCCC2)cc1. The van der Waals surface area contributed by atoms with E-state index >= 15 is 0 Å². The number of aryl methyl sites for hydroxylation is 2. The Morgan fingerprint density at radius 3 is 1.75 bits per heavy atom. The molecule has 0 aliphatic heterocycles. The maximum absolute atomic E-state index is 2.31. The fourth-order valence-electron chi connectivity index (χ4n) is 7.65. The number of fused-ring (bicyclic) bond motifs is 3. The Morgan fingerprint density at radius 2 is 1.21 bits per heavy atom. The van der Waals surface area contributed by atoms with Gasteiger partial charge >= 0.3 is 0 Å². The minimum absolute atomic E-state index is 0.665. The zero-order chi connectivity index (χ0) is 18.9. The highest BCUT2D eigenvalue weighted by Crippen LogP contribution is 2.80. The molecule has 0 radical (unpaired) electrons. The first-order valence-electron chi connectivity index (χ1n) is 11.9. The summed E-state index contributed by atoms with van der Waals surface area (Å²) in [5.74, 6) is 2.18. The second kappa shape index (κ2) is 7.69. The van der Waals surface area contributed by atoms with Crippen molar-refractivity contribution in [3.05, 3.63) is 71.8 Å². The molecule has 28 heavy (non-hydrogen) atoms. The molecule has 2 aromatic carbocycles. The van der Waals surface area contributed by atoms with Crippen molar-refractivity contribution in [1.29, 1.82) is 0 Å². The predicted molar refractivity (Wildman–Crippen MR) is 118 cm³/mol. The third-order valence-corrected chi connectivity index (χ3v) is 8.76. The van der Waals surface area contributed by atoms with Crippen LogP contribution in [0.4, 0.5) is 0 Å². The van der Waals surface area contributed by atoms with Gasteiger partial charge in [0.05, 0.1) is 0 Å². The summed E-state index contributed by atoms with van der Waals surface area (Å²) < 4.78 is 0. The third-order valence-electron chi connectivity index (χ3n) is 8.76. The smallest absolute Gasteiger partial charge is 0.0230 e. The Labute approximate surface area is 171 Å². The molecule has 0 N–H and O–H groups in total. The van der Waals surface area contributed by atoms with Crippen molar-refractivity contribution in [3.8, 4) is 0 Å². The highest BCUT2D eigenvalue weighted by molar-refractivity contribution is 5.23. The summed E-state index contributed by atoms with van der Waals surface area (Å²) in [4.78, 5) is 0. The molecular weight excluding hydrogens is 336 g/mol. The van der Waals surface area contributed by atoms with Gasteiger partial charge in [-0.2, -0.15) is 0 Å². The van der Waals surface area contributed by atoms with Crippen LogP contribution in [0.2, 0.25) is 0 Å². The van der Waals surface area contributed by atoms with Gasteiger partial charge in [0.1, 0.15) is 0 Å². The summed E-state index contributed by atoms with van der Waals surface area (Å²) >= 11 is 0. The van der Waals surface area contributed by atoms with Crippen LogP contribution in [0.3, 0.4) is 0 Å². The summed E-state index contributed by atoms with van der Waals surface area (Å²) in [5, 5.41) is 0. The van der Waals surface area contributed by atoms with Gasteiger partial charge in [-0.05, 0) is 98.0 Å². The van der Waals surface area contributed by atoms with Crippen LogP contribution in [0, 0.1) is 22.7 Å². The van der Waals surface area contributed by atoms with Crippen LogP contribution in [0.5, 0.6) is 0 Å². The maximum atomic E-state index is 2.31. The Balaban J connectivity index is 1.26. The molecule has 0 heterocycles. The number of hydrogen-bond acceptors (Lipinski definition) is 0. The molecule has 0 unspecified atom stereocenters. The van der Waals surface area contributed by atoms with Gasteiger partial charge in [0.15, 0.2) is 0 Å². The quantitative estimate of drug-likeness (QED) is 0.447. The molecule has 148 valence electrons. The minimum atomic E-state index is 0.665. The summed E-state index contributed by atoms with van der Waals surface area (Å²) in [5.41, 5.74) is 4.53. The maximum Gasteiger partial charge on any atom is -0.0230 e. The van der Waals surface area contributed by atoms with E-state index in [1.807, 2.05) is 0 Å². The lowest BCUT2D eigenvalue weighted by molar-refractivity contribution is 0.151. The standard InChI is InChI=1S/C28H36/c1-3-11-23(12-4-1)15-9-18-27(19-10-16-24-13-5-2-6-14-24)22-17-25-26(27)28(25)20-7-8-21-28/h1-6,11-14,25-26H,7-10,15-22H2/t25-,26-/m0/s1. The van der Waals surface area contributed by atoms with Crippen LogP contribution in [0.15, 0.2) is 60.7 Å². The van der Waals surface area contributed by atoms with Crippen molar-refractivity contribution in [2.45, 2.75) is 77.0 Å². The van der Waals surface area contributed by atoms with Gasteiger partial charge in [-0.25, -0.2) is 0 Å². The van der Waals surface area contributed by atoms with Gasteiger partial charge in [0, 0.05) is 0 Å². The van der Waals surface area contributed by atoms with Crippen molar-refractivity contribution in [3.63, 3.8) is 0 Å². The second-order valence-electron chi connectivity index (χ2n) is 10.1. The molecule has 0 nitrogen and oxygen atoms in total. The summed E-state index contributed by atoms with van der Waals surface area (Å²) in [7, 11) is 0. The summed E-state index contributed by atoms with van der Waals surface area (Å²) in [6.45, 7) is 0. The topological polar surface area (TPSA) is 0 Å². The van der Waals surface area contributed by atoms with E-state index in [1.54, 1.807) is 19.3 Å². The Bertz CT molecular complexity index is 708. The normalized spacial score (nSPS) is 26.4. The fourth-order valence-corrected chi connectivity index (χ4v) is 7.65. The van der Waals surface area contributed by atoms with E-state index in [4.69, 9.17) is 0 Å². The van der Waals surface area contributed by atoms with Gasteiger partial charge in [0.2, 0.25) is 0 Å². The number of hydrogen-bond donors (Lipinski definition) is 0. The first-order valence-corrected chi connectivity index (χ1v) is 11.9. The zero-order valence-electron chi connectivity index (χ0n) is 17.4. The Kier molecular flexibility index (Phi) is 5.07. The molecule has 0 amide bonds. The van der Waals surface area contributed by atoms with E-state index in [2.05, 4.69) is 60.7 Å². The Morgan fingerprint density at radius 1 is 0.679 bits per heavy atom. The van der Waals surface area contributed by atoms with Crippen LogP contribution in [0.1, 0.15) is 75.3 Å². The lowest BCUT2D eigenvalue weighted by Gasteiger charge is -2.35. The fraction of sp³-hybridized carbons (Fsp3) is 0.571. The van der Waals surface area contributed by atoms with Gasteiger partial charge in [-0.15, -0.1) is 0 Å². The van der Waals surface area contributed by atoms with Crippen molar-refractivity contribution in [1.82, 2.24) is 0 Å². The highest BCUT2D eigenvalue weighted by atomic mass is 14.8. The van der Waals surface area contributed by atoms with Crippen LogP contribution < -0.4 is 0 Å². The first kappa shape index (κ1) is 18.5. The zero-order valence-corrected chi connectivity index (χ0v) is 17.4. The lowest BCUT2D eigenvalue weighted by atomic mass is 9.69. The molecule has 5 rings (SSSR count). The van der Waals surface area contributed by atoms with Crippen LogP contribution in [-0.4, -0.2) is 0 Å². The summed E-state index contributed by atoms with van der Waals surface area (Å²) in [6, 6.07) is 22.3. The van der Waals surface area contributed by atoms with Crippen molar-refractivity contribution in [2.75, 3.05) is 0 Å². The third kappa shape index (κ3) is 3.34. The molecule has 2 aromatic rings. The van der Waals surface area contributed by atoms with Crippen molar-refractivity contribution < 1.29 is 0 Å². The van der Waals surface area contributed by atoms with E-state index in [1.165, 1.54) is 68.9 Å². The number of rotatable bonds is 8. The van der Waals surface area contributed by atoms with Gasteiger partial charge < -0.3 is 0 Å². The van der Waals surface area contributed by atoms with Gasteiger partial charge in [-0.1, -0.05) is 73.5 Å². The molecule has 0 bridgehead atoms. The second-order valence-corrected chi connectivity index (χ2v) is 10.1. The number of benzene rings is 2. The molecule has 2 atom stereocenters. The average molecular weight is 373 g/mol. The molecule has 1 spiro atoms. The van der Waals surface area contributed by atoms with Gasteiger partial charge in [0.25, 0.3) is 0 Å². The lowest BCUT2D eigenvalue weighted by Crippen LogP contribution is -2.26. The van der Waals surface area contributed by atoms with Gasteiger partial charge in [-0.3, -0.25) is 0 Å². The van der Waals surface area contributed by atoms with E-state index in [0.717, 1.165) is 17.3 Å². The molecular formula is C28H36. The van der Waals surface area contributed by atoms with Crippen molar-refractivity contribution in [2.24, 2.45) is 22.7 Å². The average Bonchev–Trinajstić information content (AvgIpc) is 3.01. The molecule has 0 heteroatoms. The molecule has 3 saturated carbocycles. The molecule has 3 aliphatic carbocycles. The minimum Gasteiger partial charge on any atom is -0.0622 e. The molecule has 0 saturated heterocycles. The van der Waals surface area contributed by atoms with E-state index in [9.17, 15) is 0 Å². The van der Waals surface area contributed by atoms with Crippen LogP contribution in [0.25, 0.3) is 0 Å². The van der Waals surface area contributed by atoms with E-state index in [-0.39, 0.29) is 0 Å². The summed E-state index contributed by atoms with van der Waals surface area (Å²) in [6.07, 6.45) is 17.5. The van der Waals surface area contributed by atoms with Crippen molar-refractivity contribution >= 4 is 0 Å². The molecule has 0 aromatic heterocycles. The largest absolute Gasteiger partial charge is 0.0622 e. The van der Waals surface area contributed by atoms with E-state index < -0.39 is 0 Å². The van der Waals surface area contributed by atoms with E-state index in [0.29, 0.717) is 5.41 Å². The monoisotopic (exact) mass is 372 g/mol. The van der Waals surface area contributed by atoms with Crippen LogP contribution in [-0.2, 0) is 12.8 Å². The predicted octanol–water partition coefficient (Wildman–Crippen LogP) is 7.62. The van der Waals surface area contributed by atoms with Crippen LogP contribution >= 0.6 is 0 Å². The molecule has 3 fully saturated rings. The Hall–Kier alpha value is -1.56. The first-order chi connectivity index (χ1) is 13.8.